The van der Waals surface area contributed by atoms with Gasteiger partial charge in [-0.15, -0.1) is 0 Å². The maximum absolute atomic E-state index is 12.4. The van der Waals surface area contributed by atoms with Crippen molar-refractivity contribution >= 4 is 17.2 Å². The standard InChI is InChI=1S/C17H18N4O3/c1-10-7-11(2)21-16(18-10)9-13(20-21)17(22)19-12-5-6-14(23-3)15(8-12)24-4/h5-9H,1-4H3,(H,19,22). The highest BCUT2D eigenvalue weighted by molar-refractivity contribution is 6.03. The smallest absolute Gasteiger partial charge is 0.276 e. The van der Waals surface area contributed by atoms with Gasteiger partial charge in [-0.1, -0.05) is 0 Å². The van der Waals surface area contributed by atoms with Gasteiger partial charge in [-0.05, 0) is 32.0 Å². The van der Waals surface area contributed by atoms with Crippen molar-refractivity contribution in [2.24, 2.45) is 0 Å². The fourth-order valence-electron chi connectivity index (χ4n) is 2.51. The van der Waals surface area contributed by atoms with Crippen LogP contribution in [0.15, 0.2) is 30.3 Å². The van der Waals surface area contributed by atoms with Gasteiger partial charge in [0.2, 0.25) is 0 Å². The molecular formula is C17H18N4O3. The van der Waals surface area contributed by atoms with Crippen molar-refractivity contribution in [2.75, 3.05) is 19.5 Å². The second-order valence-corrected chi connectivity index (χ2v) is 5.36. The van der Waals surface area contributed by atoms with Crippen LogP contribution in [0.4, 0.5) is 5.69 Å². The molecule has 7 nitrogen and oxygen atoms in total. The maximum atomic E-state index is 12.4. The van der Waals surface area contributed by atoms with E-state index in [0.717, 1.165) is 11.4 Å². The van der Waals surface area contributed by atoms with Gasteiger partial charge in [0, 0.05) is 29.2 Å². The number of hydrogen-bond donors (Lipinski definition) is 1. The Balaban J connectivity index is 1.89. The molecule has 24 heavy (non-hydrogen) atoms. The molecule has 0 spiro atoms. The Labute approximate surface area is 139 Å². The molecule has 0 saturated heterocycles. The van der Waals surface area contributed by atoms with Gasteiger partial charge >= 0.3 is 0 Å². The van der Waals surface area contributed by atoms with E-state index in [1.165, 1.54) is 0 Å². The normalized spacial score (nSPS) is 10.7. The van der Waals surface area contributed by atoms with Crippen LogP contribution in [0, 0.1) is 13.8 Å². The second-order valence-electron chi connectivity index (χ2n) is 5.36. The van der Waals surface area contributed by atoms with E-state index in [0.29, 0.717) is 28.5 Å². The van der Waals surface area contributed by atoms with Crippen molar-refractivity contribution in [3.63, 3.8) is 0 Å². The summed E-state index contributed by atoms with van der Waals surface area (Å²) in [7, 11) is 3.10. The van der Waals surface area contributed by atoms with Crippen molar-refractivity contribution in [1.29, 1.82) is 0 Å². The van der Waals surface area contributed by atoms with Crippen LogP contribution in [0.3, 0.4) is 0 Å². The number of carbonyl (C=O) groups excluding carboxylic acids is 1. The molecule has 3 aromatic rings. The predicted octanol–water partition coefficient (Wildman–Crippen LogP) is 2.62. The summed E-state index contributed by atoms with van der Waals surface area (Å²) in [6.45, 7) is 3.83. The molecule has 0 aliphatic carbocycles. The molecular weight excluding hydrogens is 308 g/mol. The molecule has 0 aliphatic rings. The first-order valence-electron chi connectivity index (χ1n) is 7.39. The summed E-state index contributed by atoms with van der Waals surface area (Å²) in [5, 5.41) is 7.11. The lowest BCUT2D eigenvalue weighted by Crippen LogP contribution is -2.13. The van der Waals surface area contributed by atoms with Crippen LogP contribution in [0.5, 0.6) is 11.5 Å². The number of aryl methyl sites for hydroxylation is 2. The third-order valence-corrected chi connectivity index (χ3v) is 3.61. The van der Waals surface area contributed by atoms with Gasteiger partial charge in [-0.2, -0.15) is 5.10 Å². The van der Waals surface area contributed by atoms with Gasteiger partial charge in [0.25, 0.3) is 5.91 Å². The lowest BCUT2D eigenvalue weighted by Gasteiger charge is -2.09. The molecule has 0 fully saturated rings. The van der Waals surface area contributed by atoms with Gasteiger partial charge in [0.1, 0.15) is 0 Å². The van der Waals surface area contributed by atoms with E-state index in [4.69, 9.17) is 9.47 Å². The molecule has 124 valence electrons. The number of nitrogens with zero attached hydrogens (tertiary/aromatic N) is 3. The Bertz CT molecular complexity index is 918. The van der Waals surface area contributed by atoms with Crippen LogP contribution in [0.2, 0.25) is 0 Å². The Kier molecular flexibility index (Phi) is 4.07. The largest absolute Gasteiger partial charge is 0.493 e. The molecule has 2 aromatic heterocycles. The van der Waals surface area contributed by atoms with E-state index in [1.54, 1.807) is 43.0 Å². The number of methoxy groups -OCH3 is 2. The van der Waals surface area contributed by atoms with Crippen molar-refractivity contribution in [2.45, 2.75) is 13.8 Å². The monoisotopic (exact) mass is 326 g/mol. The highest BCUT2D eigenvalue weighted by atomic mass is 16.5. The first-order valence-corrected chi connectivity index (χ1v) is 7.39. The number of benzene rings is 1. The van der Waals surface area contributed by atoms with E-state index in [1.807, 2.05) is 19.9 Å². The van der Waals surface area contributed by atoms with Crippen LogP contribution in [-0.2, 0) is 0 Å². The average molecular weight is 326 g/mol. The van der Waals surface area contributed by atoms with Gasteiger partial charge in [0.05, 0.1) is 14.2 Å². The number of hydrogen-bond acceptors (Lipinski definition) is 5. The minimum atomic E-state index is -0.315. The van der Waals surface area contributed by atoms with E-state index in [-0.39, 0.29) is 5.91 Å². The number of aromatic nitrogens is 3. The van der Waals surface area contributed by atoms with Crippen LogP contribution >= 0.6 is 0 Å². The second kappa shape index (κ2) is 6.19. The zero-order chi connectivity index (χ0) is 17.3. The third-order valence-electron chi connectivity index (χ3n) is 3.61. The summed E-state index contributed by atoms with van der Waals surface area (Å²) in [6.07, 6.45) is 0. The van der Waals surface area contributed by atoms with Crippen molar-refractivity contribution in [3.05, 3.63) is 47.4 Å². The summed E-state index contributed by atoms with van der Waals surface area (Å²) in [5.41, 5.74) is 3.33. The number of amides is 1. The lowest BCUT2D eigenvalue weighted by molar-refractivity contribution is 0.102. The van der Waals surface area contributed by atoms with E-state index < -0.39 is 0 Å². The number of anilines is 1. The molecule has 1 N–H and O–H groups in total. The van der Waals surface area contributed by atoms with Crippen LogP contribution in [0.25, 0.3) is 5.65 Å². The molecule has 0 unspecified atom stereocenters. The maximum Gasteiger partial charge on any atom is 0.276 e. The average Bonchev–Trinajstić information content (AvgIpc) is 2.99. The van der Waals surface area contributed by atoms with E-state index in [2.05, 4.69) is 15.4 Å². The predicted molar refractivity (Wildman–Crippen MR) is 90.0 cm³/mol. The molecule has 3 rings (SSSR count). The summed E-state index contributed by atoms with van der Waals surface area (Å²) in [5.74, 6) is 0.821. The van der Waals surface area contributed by atoms with Gasteiger partial charge < -0.3 is 14.8 Å². The van der Waals surface area contributed by atoms with Crippen LogP contribution in [-0.4, -0.2) is 34.7 Å². The highest BCUT2D eigenvalue weighted by Crippen LogP contribution is 2.29. The Morgan fingerprint density at radius 2 is 1.83 bits per heavy atom. The number of rotatable bonds is 4. The zero-order valence-corrected chi connectivity index (χ0v) is 14.0. The number of nitrogens with one attached hydrogen (secondary N) is 1. The number of ether oxygens (including phenoxy) is 2. The Hall–Kier alpha value is -3.09. The fourth-order valence-corrected chi connectivity index (χ4v) is 2.51. The molecule has 0 radical (unpaired) electrons. The van der Waals surface area contributed by atoms with Crippen molar-refractivity contribution in [1.82, 2.24) is 14.6 Å². The minimum absolute atomic E-state index is 0.297. The third kappa shape index (κ3) is 2.88. The summed E-state index contributed by atoms with van der Waals surface area (Å²) < 4.78 is 12.1. The quantitative estimate of drug-likeness (QED) is 0.797. The zero-order valence-electron chi connectivity index (χ0n) is 14.0. The first kappa shape index (κ1) is 15.8. The molecule has 0 saturated carbocycles. The summed E-state index contributed by atoms with van der Waals surface area (Å²) in [4.78, 5) is 16.8. The molecule has 0 atom stereocenters. The number of carbonyl (C=O) groups is 1. The molecule has 1 amide bonds. The molecule has 0 aliphatic heterocycles. The topological polar surface area (TPSA) is 77.8 Å². The highest BCUT2D eigenvalue weighted by Gasteiger charge is 2.14. The molecule has 7 heteroatoms. The first-order chi connectivity index (χ1) is 11.5. The SMILES string of the molecule is COc1ccc(NC(=O)c2cc3nc(C)cc(C)n3n2)cc1OC. The minimum Gasteiger partial charge on any atom is -0.493 e. The Morgan fingerprint density at radius 1 is 1.08 bits per heavy atom. The summed E-state index contributed by atoms with van der Waals surface area (Å²) >= 11 is 0. The van der Waals surface area contributed by atoms with Crippen molar-refractivity contribution < 1.29 is 14.3 Å². The lowest BCUT2D eigenvalue weighted by atomic mass is 10.2. The van der Waals surface area contributed by atoms with Gasteiger partial charge in [0.15, 0.2) is 22.8 Å². The van der Waals surface area contributed by atoms with Crippen molar-refractivity contribution in [3.8, 4) is 11.5 Å². The van der Waals surface area contributed by atoms with E-state index in [9.17, 15) is 4.79 Å². The summed E-state index contributed by atoms with van der Waals surface area (Å²) in [6, 6.07) is 8.74. The van der Waals surface area contributed by atoms with Crippen LogP contribution in [0.1, 0.15) is 21.9 Å². The van der Waals surface area contributed by atoms with Crippen LogP contribution < -0.4 is 14.8 Å². The van der Waals surface area contributed by atoms with Gasteiger partial charge in [-0.25, -0.2) is 9.50 Å². The number of fused-ring (bicyclic) bond motifs is 1. The van der Waals surface area contributed by atoms with Gasteiger partial charge in [-0.3, -0.25) is 4.79 Å². The Morgan fingerprint density at radius 3 is 2.54 bits per heavy atom. The van der Waals surface area contributed by atoms with E-state index >= 15 is 0 Å². The molecule has 1 aromatic carbocycles. The fraction of sp³-hybridized carbons (Fsp3) is 0.235. The molecule has 0 bridgehead atoms. The molecule has 2 heterocycles.